The van der Waals surface area contributed by atoms with Crippen molar-refractivity contribution in [2.24, 2.45) is 5.92 Å². The lowest BCUT2D eigenvalue weighted by Crippen LogP contribution is -2.45. The van der Waals surface area contributed by atoms with Crippen LogP contribution in [0, 0.1) is 5.92 Å². The van der Waals surface area contributed by atoms with E-state index in [1.54, 1.807) is 0 Å². The number of hydrogen-bond donors (Lipinski definition) is 1. The first kappa shape index (κ1) is 13.1. The lowest BCUT2D eigenvalue weighted by atomic mass is 9.76. The Morgan fingerprint density at radius 2 is 2.00 bits per heavy atom. The molecule has 1 aliphatic carbocycles. The number of aliphatic hydroxyl groups is 1. The summed E-state index contributed by atoms with van der Waals surface area (Å²) >= 11 is 0. The molecule has 98 valence electrons. The van der Waals surface area contributed by atoms with Crippen LogP contribution in [0.3, 0.4) is 0 Å². The summed E-state index contributed by atoms with van der Waals surface area (Å²) in [7, 11) is 0. The minimum atomic E-state index is -0.288. The van der Waals surface area contributed by atoms with Crippen molar-refractivity contribution in [1.82, 2.24) is 0 Å². The minimum Gasteiger partial charge on any atom is -0.389 e. The van der Waals surface area contributed by atoms with Crippen LogP contribution in [0.2, 0.25) is 0 Å². The van der Waals surface area contributed by atoms with E-state index < -0.39 is 0 Å². The van der Waals surface area contributed by atoms with Crippen LogP contribution < -0.4 is 0 Å². The first-order chi connectivity index (χ1) is 7.82. The van der Waals surface area contributed by atoms with Crippen LogP contribution in [0.15, 0.2) is 11.6 Å². The Morgan fingerprint density at radius 3 is 2.59 bits per heavy atom. The quantitative estimate of drug-likeness (QED) is 0.709. The SMILES string of the molecule is CC1CCC(C2(C)CCCC(C)(C)O2)=CC1O. The monoisotopic (exact) mass is 238 g/mol. The molecule has 1 heterocycles. The lowest BCUT2D eigenvalue weighted by Gasteiger charge is -2.46. The molecule has 0 saturated carbocycles. The fourth-order valence-corrected chi connectivity index (χ4v) is 3.24. The van der Waals surface area contributed by atoms with Gasteiger partial charge in [-0.1, -0.05) is 13.0 Å². The maximum absolute atomic E-state index is 9.99. The molecule has 0 aromatic heterocycles. The molecule has 0 amide bonds. The molecule has 1 N–H and O–H groups in total. The van der Waals surface area contributed by atoms with Crippen LogP contribution in [-0.4, -0.2) is 22.4 Å². The second kappa shape index (κ2) is 4.40. The van der Waals surface area contributed by atoms with E-state index in [9.17, 15) is 5.11 Å². The van der Waals surface area contributed by atoms with Crippen LogP contribution in [0.5, 0.6) is 0 Å². The number of hydrogen-bond acceptors (Lipinski definition) is 2. The normalized spacial score (nSPS) is 42.1. The van der Waals surface area contributed by atoms with Crippen molar-refractivity contribution in [2.75, 3.05) is 0 Å². The third kappa shape index (κ3) is 2.74. The molecule has 3 atom stereocenters. The molecule has 2 heteroatoms. The summed E-state index contributed by atoms with van der Waals surface area (Å²) in [5.41, 5.74) is 1.14. The van der Waals surface area contributed by atoms with E-state index in [1.807, 2.05) is 0 Å². The molecule has 2 rings (SSSR count). The van der Waals surface area contributed by atoms with Gasteiger partial charge in [0.05, 0.1) is 17.3 Å². The molecule has 0 bridgehead atoms. The van der Waals surface area contributed by atoms with Gasteiger partial charge in [-0.05, 0) is 64.4 Å². The predicted octanol–water partition coefficient (Wildman–Crippen LogP) is 3.44. The van der Waals surface area contributed by atoms with Gasteiger partial charge in [-0.3, -0.25) is 0 Å². The van der Waals surface area contributed by atoms with Crippen molar-refractivity contribution in [3.63, 3.8) is 0 Å². The van der Waals surface area contributed by atoms with E-state index in [2.05, 4.69) is 33.8 Å². The first-order valence-electron chi connectivity index (χ1n) is 6.92. The maximum Gasteiger partial charge on any atom is 0.0871 e. The van der Waals surface area contributed by atoms with Gasteiger partial charge in [0.1, 0.15) is 0 Å². The molecule has 0 aromatic carbocycles. The van der Waals surface area contributed by atoms with E-state index >= 15 is 0 Å². The third-order valence-corrected chi connectivity index (χ3v) is 4.44. The van der Waals surface area contributed by atoms with Crippen LogP contribution in [0.4, 0.5) is 0 Å². The van der Waals surface area contributed by atoms with Gasteiger partial charge in [-0.25, -0.2) is 0 Å². The Hall–Kier alpha value is -0.340. The van der Waals surface area contributed by atoms with E-state index in [1.165, 1.54) is 12.0 Å². The zero-order valence-electron chi connectivity index (χ0n) is 11.6. The smallest absolute Gasteiger partial charge is 0.0871 e. The second-order valence-corrected chi connectivity index (χ2v) is 6.64. The summed E-state index contributed by atoms with van der Waals surface area (Å²) in [6, 6.07) is 0. The van der Waals surface area contributed by atoms with Crippen molar-refractivity contribution in [3.8, 4) is 0 Å². The van der Waals surface area contributed by atoms with Crippen LogP contribution in [-0.2, 0) is 4.74 Å². The molecule has 3 unspecified atom stereocenters. The summed E-state index contributed by atoms with van der Waals surface area (Å²) in [5.74, 6) is 0.388. The van der Waals surface area contributed by atoms with Gasteiger partial charge in [0.15, 0.2) is 0 Å². The first-order valence-corrected chi connectivity index (χ1v) is 6.92. The molecule has 1 fully saturated rings. The summed E-state index contributed by atoms with van der Waals surface area (Å²) < 4.78 is 6.30. The van der Waals surface area contributed by atoms with E-state index in [0.29, 0.717) is 5.92 Å². The molecule has 0 aromatic rings. The average molecular weight is 238 g/mol. The topological polar surface area (TPSA) is 29.5 Å². The molecule has 2 aliphatic rings. The van der Waals surface area contributed by atoms with Crippen molar-refractivity contribution in [1.29, 1.82) is 0 Å². The highest BCUT2D eigenvalue weighted by Gasteiger charge is 2.41. The summed E-state index contributed by atoms with van der Waals surface area (Å²) in [6.45, 7) is 8.66. The van der Waals surface area contributed by atoms with Gasteiger partial charge in [0.25, 0.3) is 0 Å². The zero-order chi connectivity index (χ0) is 12.7. The van der Waals surface area contributed by atoms with E-state index in [-0.39, 0.29) is 17.3 Å². The molecule has 0 radical (unpaired) electrons. The molecule has 1 saturated heterocycles. The van der Waals surface area contributed by atoms with Gasteiger partial charge in [-0.2, -0.15) is 0 Å². The Bertz CT molecular complexity index is 319. The van der Waals surface area contributed by atoms with Crippen LogP contribution in [0.1, 0.15) is 59.8 Å². The number of aliphatic hydroxyl groups excluding tert-OH is 1. The zero-order valence-corrected chi connectivity index (χ0v) is 11.6. The Balaban J connectivity index is 2.18. The maximum atomic E-state index is 9.99. The second-order valence-electron chi connectivity index (χ2n) is 6.64. The number of ether oxygens (including phenoxy) is 1. The summed E-state index contributed by atoms with van der Waals surface area (Å²) in [6.07, 6.45) is 7.35. The highest BCUT2D eigenvalue weighted by molar-refractivity contribution is 5.22. The molecule has 2 nitrogen and oxygen atoms in total. The fourth-order valence-electron chi connectivity index (χ4n) is 3.24. The molecule has 0 spiro atoms. The Morgan fingerprint density at radius 1 is 1.29 bits per heavy atom. The van der Waals surface area contributed by atoms with Gasteiger partial charge in [0.2, 0.25) is 0 Å². The van der Waals surface area contributed by atoms with Crippen molar-refractivity contribution >= 4 is 0 Å². The highest BCUT2D eigenvalue weighted by atomic mass is 16.5. The Labute approximate surface area is 105 Å². The average Bonchev–Trinajstić information content (AvgIpc) is 2.20. The van der Waals surface area contributed by atoms with E-state index in [4.69, 9.17) is 4.74 Å². The molecule has 1 aliphatic heterocycles. The van der Waals surface area contributed by atoms with Gasteiger partial charge in [-0.15, -0.1) is 0 Å². The van der Waals surface area contributed by atoms with Crippen molar-refractivity contribution in [2.45, 2.75) is 77.1 Å². The van der Waals surface area contributed by atoms with Gasteiger partial charge < -0.3 is 9.84 Å². The lowest BCUT2D eigenvalue weighted by molar-refractivity contribution is -0.148. The number of rotatable bonds is 1. The summed E-state index contributed by atoms with van der Waals surface area (Å²) in [4.78, 5) is 0. The molecular weight excluding hydrogens is 212 g/mol. The predicted molar refractivity (Wildman–Crippen MR) is 69.9 cm³/mol. The van der Waals surface area contributed by atoms with Crippen LogP contribution in [0.25, 0.3) is 0 Å². The fraction of sp³-hybridized carbons (Fsp3) is 0.867. The Kier molecular flexibility index (Phi) is 3.39. The van der Waals surface area contributed by atoms with Crippen LogP contribution >= 0.6 is 0 Å². The third-order valence-electron chi connectivity index (χ3n) is 4.44. The highest BCUT2D eigenvalue weighted by Crippen LogP contribution is 2.42. The standard InChI is InChI=1S/C15H26O2/c1-11-6-7-12(10-13(11)16)15(4)9-5-8-14(2,3)17-15/h10-11,13,16H,5-9H2,1-4H3. The molecular formula is C15H26O2. The minimum absolute atomic E-state index is 0.0259. The van der Waals surface area contributed by atoms with Crippen molar-refractivity contribution < 1.29 is 9.84 Å². The largest absolute Gasteiger partial charge is 0.389 e. The molecule has 17 heavy (non-hydrogen) atoms. The van der Waals surface area contributed by atoms with Gasteiger partial charge >= 0.3 is 0 Å². The van der Waals surface area contributed by atoms with Crippen molar-refractivity contribution in [3.05, 3.63) is 11.6 Å². The summed E-state index contributed by atoms with van der Waals surface area (Å²) in [5, 5.41) is 9.99. The van der Waals surface area contributed by atoms with E-state index in [0.717, 1.165) is 25.7 Å². The van der Waals surface area contributed by atoms with Gasteiger partial charge in [0, 0.05) is 0 Å².